The van der Waals surface area contributed by atoms with Gasteiger partial charge in [0.05, 0.1) is 5.56 Å². The molecule has 238 valence electrons. The first-order valence-corrected chi connectivity index (χ1v) is 17.0. The molecule has 0 N–H and O–H groups in total. The Kier molecular flexibility index (Phi) is 6.74. The fourth-order valence-corrected chi connectivity index (χ4v) is 7.02. The molecule has 0 spiro atoms. The molecule has 10 aromatic rings. The molecule has 51 heavy (non-hydrogen) atoms. The van der Waals surface area contributed by atoms with Crippen LogP contribution in [0.15, 0.2) is 175 Å². The van der Waals surface area contributed by atoms with Crippen molar-refractivity contribution in [2.45, 2.75) is 0 Å². The number of furan rings is 1. The number of fused-ring (bicyclic) bond motifs is 6. The highest BCUT2D eigenvalue weighted by atomic mass is 16.3. The minimum atomic E-state index is 0.550. The number of benzene rings is 7. The van der Waals surface area contributed by atoms with Gasteiger partial charge in [-0.2, -0.15) is 0 Å². The summed E-state index contributed by atoms with van der Waals surface area (Å²) in [5.41, 5.74) is 8.62. The molecule has 3 aromatic heterocycles. The molecule has 0 aliphatic rings. The average Bonchev–Trinajstić information content (AvgIpc) is 3.59. The van der Waals surface area contributed by atoms with E-state index < -0.39 is 0 Å². The van der Waals surface area contributed by atoms with Gasteiger partial charge in [-0.1, -0.05) is 127 Å². The fourth-order valence-electron chi connectivity index (χ4n) is 7.02. The summed E-state index contributed by atoms with van der Waals surface area (Å²) >= 11 is 0. The number of hydrogen-bond donors (Lipinski definition) is 0. The molecule has 0 atom stereocenters. The molecule has 0 fully saturated rings. The molecule has 0 aliphatic heterocycles. The number of rotatable bonds is 5. The van der Waals surface area contributed by atoms with Crippen molar-refractivity contribution < 1.29 is 4.42 Å². The van der Waals surface area contributed by atoms with Crippen molar-refractivity contribution in [1.29, 1.82) is 0 Å². The van der Waals surface area contributed by atoms with Crippen molar-refractivity contribution in [3.8, 4) is 56.4 Å². The maximum Gasteiger partial charge on any atom is 0.167 e. The predicted molar refractivity (Wildman–Crippen MR) is 207 cm³/mol. The Balaban J connectivity index is 1.20. The Morgan fingerprint density at radius 2 is 0.961 bits per heavy atom. The largest absolute Gasteiger partial charge is 0.455 e. The summed E-state index contributed by atoms with van der Waals surface area (Å²) in [6.07, 6.45) is 3.77. The summed E-state index contributed by atoms with van der Waals surface area (Å²) in [5.74, 6) is 1.75. The van der Waals surface area contributed by atoms with Crippen LogP contribution in [0.1, 0.15) is 0 Å². The van der Waals surface area contributed by atoms with Gasteiger partial charge in [0.2, 0.25) is 0 Å². The first kappa shape index (κ1) is 29.0. The van der Waals surface area contributed by atoms with Crippen LogP contribution in [0.25, 0.3) is 99.9 Å². The maximum atomic E-state index is 6.61. The first-order valence-electron chi connectivity index (χ1n) is 17.0. The van der Waals surface area contributed by atoms with E-state index in [0.717, 1.165) is 66.3 Å². The van der Waals surface area contributed by atoms with Crippen LogP contribution in [0.3, 0.4) is 0 Å². The number of aromatic nitrogens is 4. The van der Waals surface area contributed by atoms with Gasteiger partial charge in [-0.15, -0.1) is 0 Å². The van der Waals surface area contributed by atoms with Crippen molar-refractivity contribution in [1.82, 2.24) is 19.9 Å². The zero-order valence-electron chi connectivity index (χ0n) is 27.4. The van der Waals surface area contributed by atoms with Crippen LogP contribution in [-0.2, 0) is 0 Å². The quantitative estimate of drug-likeness (QED) is 0.173. The third-order valence-corrected chi connectivity index (χ3v) is 9.61. The smallest absolute Gasteiger partial charge is 0.167 e. The van der Waals surface area contributed by atoms with Gasteiger partial charge in [0.1, 0.15) is 11.2 Å². The number of hydrogen-bond acceptors (Lipinski definition) is 5. The van der Waals surface area contributed by atoms with Crippen LogP contribution in [-0.4, -0.2) is 19.9 Å². The van der Waals surface area contributed by atoms with Gasteiger partial charge in [0.25, 0.3) is 0 Å². The number of para-hydroxylation sites is 1. The van der Waals surface area contributed by atoms with E-state index in [9.17, 15) is 0 Å². The lowest BCUT2D eigenvalue weighted by molar-refractivity contribution is 0.669. The van der Waals surface area contributed by atoms with E-state index in [1.165, 1.54) is 16.2 Å². The molecule has 3 heterocycles. The molecule has 0 radical (unpaired) electrons. The molecule has 5 nitrogen and oxygen atoms in total. The van der Waals surface area contributed by atoms with E-state index in [2.05, 4.69) is 108 Å². The average molecular weight is 653 g/mol. The molecule has 0 saturated carbocycles. The Labute approximate surface area is 293 Å². The molecule has 7 aromatic carbocycles. The second kappa shape index (κ2) is 11.9. The van der Waals surface area contributed by atoms with Crippen molar-refractivity contribution in [3.63, 3.8) is 0 Å². The van der Waals surface area contributed by atoms with Crippen molar-refractivity contribution >= 4 is 43.5 Å². The Hall–Kier alpha value is -6.98. The Morgan fingerprint density at radius 1 is 0.373 bits per heavy atom. The van der Waals surface area contributed by atoms with Crippen LogP contribution in [0.4, 0.5) is 0 Å². The van der Waals surface area contributed by atoms with E-state index in [1.807, 2.05) is 67.0 Å². The highest BCUT2D eigenvalue weighted by molar-refractivity contribution is 6.12. The first-order chi connectivity index (χ1) is 25.2. The molecule has 0 saturated heterocycles. The summed E-state index contributed by atoms with van der Waals surface area (Å²) in [7, 11) is 0. The standard InChI is InChI=1S/C46H28N4O/c1-3-9-29(10-4-1)30-15-19-33(20-16-30)45-48-44(32-11-5-2-6-12-32)49-46(50-45)41-27-36(26-40-38-13-7-8-14-42(38)51-43(40)41)34-21-17-31-18-22-35-28-47-24-23-37(35)39(31)25-34/h1-28H. The molecular weight excluding hydrogens is 625 g/mol. The summed E-state index contributed by atoms with van der Waals surface area (Å²) in [5, 5.41) is 6.70. The fraction of sp³-hybridized carbons (Fsp3) is 0. The molecule has 0 unspecified atom stereocenters. The minimum absolute atomic E-state index is 0.550. The SMILES string of the molecule is c1ccc(-c2ccc(-c3nc(-c4ccccc4)nc(-c4cc(-c5ccc6ccc7cnccc7c6c5)cc5c4oc4ccccc45)n3)cc2)cc1. The van der Waals surface area contributed by atoms with Crippen LogP contribution >= 0.6 is 0 Å². The molecular formula is C46H28N4O. The van der Waals surface area contributed by atoms with Gasteiger partial charge in [-0.05, 0) is 68.7 Å². The van der Waals surface area contributed by atoms with Gasteiger partial charge in [-0.25, -0.2) is 15.0 Å². The van der Waals surface area contributed by atoms with Crippen molar-refractivity contribution in [2.75, 3.05) is 0 Å². The second-order valence-corrected chi connectivity index (χ2v) is 12.7. The van der Waals surface area contributed by atoms with E-state index >= 15 is 0 Å². The van der Waals surface area contributed by atoms with Gasteiger partial charge >= 0.3 is 0 Å². The number of pyridine rings is 1. The van der Waals surface area contributed by atoms with Crippen LogP contribution in [0, 0.1) is 0 Å². The lowest BCUT2D eigenvalue weighted by Gasteiger charge is -2.12. The van der Waals surface area contributed by atoms with Crippen LogP contribution in [0.5, 0.6) is 0 Å². The van der Waals surface area contributed by atoms with Gasteiger partial charge < -0.3 is 4.42 Å². The van der Waals surface area contributed by atoms with Gasteiger partial charge in [0.15, 0.2) is 17.5 Å². The summed E-state index contributed by atoms with van der Waals surface area (Å²) in [4.78, 5) is 19.6. The Morgan fingerprint density at radius 3 is 1.76 bits per heavy atom. The topological polar surface area (TPSA) is 64.7 Å². The van der Waals surface area contributed by atoms with Gasteiger partial charge in [-0.3, -0.25) is 4.98 Å². The molecule has 0 amide bonds. The molecule has 0 bridgehead atoms. The maximum absolute atomic E-state index is 6.61. The van der Waals surface area contributed by atoms with E-state index in [0.29, 0.717) is 17.5 Å². The van der Waals surface area contributed by atoms with E-state index in [-0.39, 0.29) is 0 Å². The van der Waals surface area contributed by atoms with Crippen LogP contribution < -0.4 is 0 Å². The zero-order chi connectivity index (χ0) is 33.7. The summed E-state index contributed by atoms with van der Waals surface area (Å²) < 4.78 is 6.61. The molecule has 0 aliphatic carbocycles. The molecule has 5 heteroatoms. The normalized spacial score (nSPS) is 11.5. The lowest BCUT2D eigenvalue weighted by Crippen LogP contribution is -2.00. The number of nitrogens with zero attached hydrogens (tertiary/aromatic N) is 4. The van der Waals surface area contributed by atoms with Crippen molar-refractivity contribution in [2.24, 2.45) is 0 Å². The molecule has 10 rings (SSSR count). The highest BCUT2D eigenvalue weighted by Crippen LogP contribution is 2.40. The second-order valence-electron chi connectivity index (χ2n) is 12.7. The highest BCUT2D eigenvalue weighted by Gasteiger charge is 2.20. The lowest BCUT2D eigenvalue weighted by atomic mass is 9.95. The third-order valence-electron chi connectivity index (χ3n) is 9.61. The van der Waals surface area contributed by atoms with E-state index in [1.54, 1.807) is 0 Å². The minimum Gasteiger partial charge on any atom is -0.455 e. The van der Waals surface area contributed by atoms with E-state index in [4.69, 9.17) is 19.4 Å². The predicted octanol–water partition coefficient (Wildman–Crippen LogP) is 11.8. The van der Waals surface area contributed by atoms with Gasteiger partial charge in [0, 0.05) is 39.7 Å². The van der Waals surface area contributed by atoms with Crippen LogP contribution in [0.2, 0.25) is 0 Å². The third kappa shape index (κ3) is 5.11. The Bertz CT molecular complexity index is 2900. The monoisotopic (exact) mass is 652 g/mol. The summed E-state index contributed by atoms with van der Waals surface area (Å²) in [6, 6.07) is 54.4. The zero-order valence-corrected chi connectivity index (χ0v) is 27.4. The summed E-state index contributed by atoms with van der Waals surface area (Å²) in [6.45, 7) is 0. The van der Waals surface area contributed by atoms with Crippen molar-refractivity contribution in [3.05, 3.63) is 170 Å².